The fraction of sp³-hybridized carbons (Fsp3) is 0.375. The summed E-state index contributed by atoms with van der Waals surface area (Å²) in [4.78, 5) is 4.19. The van der Waals surface area contributed by atoms with Gasteiger partial charge in [0, 0.05) is 24.0 Å². The normalized spacial score (nSPS) is 23.1. The molecule has 1 unspecified atom stereocenters. The maximum atomic E-state index is 5.52. The lowest BCUT2D eigenvalue weighted by Crippen LogP contribution is -2.38. The van der Waals surface area contributed by atoms with E-state index in [0.29, 0.717) is 12.8 Å². The van der Waals surface area contributed by atoms with E-state index in [1.54, 1.807) is 10.4 Å². The Balaban J connectivity index is 1.59. The molecule has 102 valence electrons. The Hall–Kier alpha value is -1.52. The smallest absolute Gasteiger partial charge is 0.231 e. The first-order valence-corrected chi connectivity index (χ1v) is 7.98. The van der Waals surface area contributed by atoms with Crippen molar-refractivity contribution in [3.63, 3.8) is 0 Å². The highest BCUT2D eigenvalue weighted by atomic mass is 32.1. The fourth-order valence-electron chi connectivity index (χ4n) is 3.67. The minimum atomic E-state index is 0.361. The molecule has 0 fully saturated rings. The van der Waals surface area contributed by atoms with Crippen LogP contribution in [0.4, 0.5) is 0 Å². The van der Waals surface area contributed by atoms with E-state index in [9.17, 15) is 0 Å². The van der Waals surface area contributed by atoms with Crippen molar-refractivity contribution in [2.45, 2.75) is 25.4 Å². The number of benzene rings is 1. The lowest BCUT2D eigenvalue weighted by Gasteiger charge is -2.40. The predicted octanol–water partition coefficient (Wildman–Crippen LogP) is 3.13. The molecule has 1 atom stereocenters. The quantitative estimate of drug-likeness (QED) is 0.742. The first-order chi connectivity index (χ1) is 9.88. The van der Waals surface area contributed by atoms with Crippen molar-refractivity contribution in [1.82, 2.24) is 4.90 Å². The van der Waals surface area contributed by atoms with Crippen LogP contribution in [0.5, 0.6) is 11.5 Å². The Labute approximate surface area is 121 Å². The molecule has 1 aromatic heterocycles. The van der Waals surface area contributed by atoms with E-state index >= 15 is 0 Å². The maximum Gasteiger partial charge on any atom is 0.231 e. The molecule has 0 amide bonds. The Bertz CT molecular complexity index is 694. The third-order valence-electron chi connectivity index (χ3n) is 4.69. The highest BCUT2D eigenvalue weighted by Crippen LogP contribution is 2.43. The number of thiophene rings is 1. The number of hydrogen-bond donors (Lipinski definition) is 0. The van der Waals surface area contributed by atoms with Crippen LogP contribution < -0.4 is 9.47 Å². The molecule has 0 N–H and O–H groups in total. The molecule has 5 rings (SSSR count). The molecule has 0 radical (unpaired) electrons. The maximum absolute atomic E-state index is 5.52. The largest absolute Gasteiger partial charge is 0.454 e. The summed E-state index contributed by atoms with van der Waals surface area (Å²) >= 11 is 1.91. The van der Waals surface area contributed by atoms with Gasteiger partial charge in [0.15, 0.2) is 11.5 Å². The molecular weight excluding hydrogens is 270 g/mol. The molecule has 0 aliphatic carbocycles. The van der Waals surface area contributed by atoms with Crippen molar-refractivity contribution in [2.24, 2.45) is 0 Å². The first-order valence-electron chi connectivity index (χ1n) is 7.10. The van der Waals surface area contributed by atoms with Gasteiger partial charge in [-0.15, -0.1) is 11.3 Å². The number of ether oxygens (including phenoxy) is 2. The zero-order valence-corrected chi connectivity index (χ0v) is 11.9. The van der Waals surface area contributed by atoms with Crippen molar-refractivity contribution in [3.05, 3.63) is 45.1 Å². The molecule has 0 spiro atoms. The standard InChI is InChI=1S/C16H15NO2S/c1-3-17-8-11-7-15-14(18-9-19-15)6-10(11)5-13(17)12-2-4-20-16(1)12/h2,4,6-7,13H,1,3,5,8-9H2. The molecular formula is C16H15NO2S. The second-order valence-corrected chi connectivity index (χ2v) is 6.71. The van der Waals surface area contributed by atoms with Crippen LogP contribution in [-0.2, 0) is 19.4 Å². The lowest BCUT2D eigenvalue weighted by molar-refractivity contribution is 0.162. The zero-order chi connectivity index (χ0) is 13.1. The molecule has 0 saturated carbocycles. The highest BCUT2D eigenvalue weighted by Gasteiger charge is 2.33. The number of fused-ring (bicyclic) bond motifs is 5. The minimum absolute atomic E-state index is 0.361. The van der Waals surface area contributed by atoms with Gasteiger partial charge in [-0.2, -0.15) is 0 Å². The van der Waals surface area contributed by atoms with Crippen LogP contribution in [0, 0.1) is 0 Å². The summed E-state index contributed by atoms with van der Waals surface area (Å²) in [6.45, 7) is 2.57. The molecule has 20 heavy (non-hydrogen) atoms. The summed E-state index contributed by atoms with van der Waals surface area (Å²) in [5.41, 5.74) is 4.38. The van der Waals surface area contributed by atoms with Gasteiger partial charge in [-0.1, -0.05) is 0 Å². The van der Waals surface area contributed by atoms with Crippen LogP contribution >= 0.6 is 11.3 Å². The molecule has 4 heterocycles. The molecule has 0 saturated heterocycles. The number of hydrogen-bond acceptors (Lipinski definition) is 4. The van der Waals surface area contributed by atoms with E-state index in [-0.39, 0.29) is 0 Å². The summed E-state index contributed by atoms with van der Waals surface area (Å²) in [5, 5.41) is 2.24. The summed E-state index contributed by atoms with van der Waals surface area (Å²) in [6, 6.07) is 7.24. The second kappa shape index (κ2) is 3.99. The number of nitrogens with zero attached hydrogens (tertiary/aromatic N) is 1. The lowest BCUT2D eigenvalue weighted by atomic mass is 9.87. The van der Waals surface area contributed by atoms with E-state index in [0.717, 1.165) is 24.5 Å². The van der Waals surface area contributed by atoms with Crippen LogP contribution in [0.2, 0.25) is 0 Å². The summed E-state index contributed by atoms with van der Waals surface area (Å²) in [5.74, 6) is 1.83. The third-order valence-corrected chi connectivity index (χ3v) is 5.68. The van der Waals surface area contributed by atoms with E-state index in [4.69, 9.17) is 9.47 Å². The SMILES string of the molecule is c1cc2c(s1)CCN1Cc3cc4c(cc3CC21)OCO4. The number of rotatable bonds is 0. The van der Waals surface area contributed by atoms with Gasteiger partial charge in [-0.05, 0) is 53.1 Å². The molecule has 2 aromatic rings. The topological polar surface area (TPSA) is 21.7 Å². The average molecular weight is 285 g/mol. The van der Waals surface area contributed by atoms with Crippen LogP contribution in [0.1, 0.15) is 27.6 Å². The summed E-state index contributed by atoms with van der Waals surface area (Å²) in [6.07, 6.45) is 2.29. The van der Waals surface area contributed by atoms with E-state index < -0.39 is 0 Å². The summed E-state index contributed by atoms with van der Waals surface area (Å²) < 4.78 is 11.0. The molecule has 3 nitrogen and oxygen atoms in total. The van der Waals surface area contributed by atoms with Crippen molar-refractivity contribution in [2.75, 3.05) is 13.3 Å². The molecule has 3 aliphatic rings. The zero-order valence-electron chi connectivity index (χ0n) is 11.1. The average Bonchev–Trinajstić information content (AvgIpc) is 3.10. The molecule has 4 heteroatoms. The van der Waals surface area contributed by atoms with Crippen molar-refractivity contribution in [1.29, 1.82) is 0 Å². The minimum Gasteiger partial charge on any atom is -0.454 e. The van der Waals surface area contributed by atoms with Crippen LogP contribution in [-0.4, -0.2) is 18.2 Å². The Morgan fingerprint density at radius 1 is 1.15 bits per heavy atom. The van der Waals surface area contributed by atoms with Gasteiger partial charge in [0.25, 0.3) is 0 Å². The van der Waals surface area contributed by atoms with Crippen molar-refractivity contribution < 1.29 is 9.47 Å². The Morgan fingerprint density at radius 2 is 2.00 bits per heavy atom. The van der Waals surface area contributed by atoms with E-state index in [2.05, 4.69) is 28.5 Å². The second-order valence-electron chi connectivity index (χ2n) is 5.71. The van der Waals surface area contributed by atoms with Gasteiger partial charge in [0.2, 0.25) is 6.79 Å². The first kappa shape index (κ1) is 11.2. The highest BCUT2D eigenvalue weighted by molar-refractivity contribution is 7.10. The van der Waals surface area contributed by atoms with Gasteiger partial charge in [0.05, 0.1) is 0 Å². The van der Waals surface area contributed by atoms with Gasteiger partial charge in [-0.3, -0.25) is 4.90 Å². The van der Waals surface area contributed by atoms with Crippen LogP contribution in [0.15, 0.2) is 23.6 Å². The predicted molar refractivity (Wildman–Crippen MR) is 77.4 cm³/mol. The van der Waals surface area contributed by atoms with Crippen molar-refractivity contribution >= 4 is 11.3 Å². The monoisotopic (exact) mass is 285 g/mol. The van der Waals surface area contributed by atoms with Crippen LogP contribution in [0.25, 0.3) is 0 Å². The van der Waals surface area contributed by atoms with Crippen molar-refractivity contribution in [3.8, 4) is 11.5 Å². The van der Waals surface area contributed by atoms with Gasteiger partial charge >= 0.3 is 0 Å². The molecule has 1 aromatic carbocycles. The molecule has 0 bridgehead atoms. The van der Waals surface area contributed by atoms with Crippen LogP contribution in [0.3, 0.4) is 0 Å². The Kier molecular flexibility index (Phi) is 2.23. The fourth-order valence-corrected chi connectivity index (χ4v) is 4.60. The van der Waals surface area contributed by atoms with Gasteiger partial charge in [0.1, 0.15) is 0 Å². The molecule has 3 aliphatic heterocycles. The third kappa shape index (κ3) is 1.49. The summed E-state index contributed by atoms with van der Waals surface area (Å²) in [7, 11) is 0. The van der Waals surface area contributed by atoms with Gasteiger partial charge < -0.3 is 9.47 Å². The van der Waals surface area contributed by atoms with Gasteiger partial charge in [-0.25, -0.2) is 0 Å². The van der Waals surface area contributed by atoms with E-state index in [1.807, 2.05) is 11.3 Å². The van der Waals surface area contributed by atoms with E-state index in [1.165, 1.54) is 24.1 Å². The Morgan fingerprint density at radius 3 is 2.90 bits per heavy atom.